The fourth-order valence-corrected chi connectivity index (χ4v) is 7.85. The maximum absolute atomic E-state index is 13.8. The molecule has 7 rings (SSSR count). The second kappa shape index (κ2) is 9.62. The summed E-state index contributed by atoms with van der Waals surface area (Å²) in [5.74, 6) is -0.336. The number of hydrogen-bond donors (Lipinski definition) is 2. The minimum Gasteiger partial charge on any atom is -0.476 e. The van der Waals surface area contributed by atoms with Crippen LogP contribution in [0.25, 0.3) is 10.9 Å². The van der Waals surface area contributed by atoms with Gasteiger partial charge in [-0.05, 0) is 83.1 Å². The van der Waals surface area contributed by atoms with Crippen molar-refractivity contribution in [1.82, 2.24) is 24.7 Å². The van der Waals surface area contributed by atoms with Crippen LogP contribution in [0, 0.1) is 13.8 Å². The molecule has 2 bridgehead atoms. The topological polar surface area (TPSA) is 123 Å². The first-order valence-corrected chi connectivity index (χ1v) is 14.7. The number of anilines is 1. The Morgan fingerprint density at radius 1 is 1.07 bits per heavy atom. The molecule has 4 aromatic rings. The van der Waals surface area contributed by atoms with Crippen molar-refractivity contribution < 1.29 is 9.90 Å². The maximum atomic E-state index is 13.8. The zero-order valence-corrected chi connectivity index (χ0v) is 24.5. The first-order chi connectivity index (χ1) is 19.0. The molecular formula is C29H31ClN6O3S. The van der Waals surface area contributed by atoms with E-state index in [1.165, 1.54) is 0 Å². The van der Waals surface area contributed by atoms with E-state index in [1.54, 1.807) is 28.0 Å². The summed E-state index contributed by atoms with van der Waals surface area (Å²) < 4.78 is 1.75. The van der Waals surface area contributed by atoms with Crippen LogP contribution >= 0.6 is 22.9 Å². The van der Waals surface area contributed by atoms with Crippen molar-refractivity contribution in [3.63, 3.8) is 0 Å². The van der Waals surface area contributed by atoms with Crippen LogP contribution in [-0.4, -0.2) is 35.8 Å². The van der Waals surface area contributed by atoms with Gasteiger partial charge in [-0.2, -0.15) is 0 Å². The van der Waals surface area contributed by atoms with Gasteiger partial charge in [0.2, 0.25) is 0 Å². The third-order valence-electron chi connectivity index (χ3n) is 8.96. The molecule has 1 atom stereocenters. The van der Waals surface area contributed by atoms with Crippen LogP contribution in [0.4, 0.5) is 5.69 Å². The number of aryl methyl sites for hydroxylation is 2. The SMILES string of the molecule is Cc1cc([C@@H](C)Nc2ccc(Cl)nc2C(=O)O)c2nc(C34CCC(c5nnc(C)s5)(CC3)CC4)n(C)c(=O)c2c1. The Morgan fingerprint density at radius 3 is 2.38 bits per heavy atom. The molecule has 0 saturated heterocycles. The highest BCUT2D eigenvalue weighted by Gasteiger charge is 2.53. The molecule has 11 heteroatoms. The lowest BCUT2D eigenvalue weighted by molar-refractivity contribution is 0.0691. The normalized spacial score (nSPS) is 22.9. The minimum atomic E-state index is -1.17. The first-order valence-electron chi connectivity index (χ1n) is 13.5. The van der Waals surface area contributed by atoms with E-state index in [4.69, 9.17) is 16.6 Å². The number of benzene rings is 1. The number of carbonyl (C=O) groups is 1. The minimum absolute atomic E-state index is 0.0620. The molecule has 3 aliphatic carbocycles. The van der Waals surface area contributed by atoms with Crippen molar-refractivity contribution in [2.24, 2.45) is 7.05 Å². The van der Waals surface area contributed by atoms with Crippen molar-refractivity contribution in [3.8, 4) is 0 Å². The standard InChI is InChI=1S/C29H31ClN6O3S/c1-15-13-18(16(2)31-20-5-6-21(30)32-23(20)25(38)39)22-19(14-15)24(37)36(4)26(33-22)28-7-10-29(11-8-28,12-9-28)27-35-34-17(3)40-27/h5-6,13-14,16,31H,7-12H2,1-4H3,(H,38,39)/t16-,28?,29?/m1/s1. The Hall–Kier alpha value is -3.37. The lowest BCUT2D eigenvalue weighted by Gasteiger charge is -2.52. The third kappa shape index (κ3) is 4.28. The molecule has 0 amide bonds. The molecule has 0 radical (unpaired) electrons. The highest BCUT2D eigenvalue weighted by Crippen LogP contribution is 2.58. The van der Waals surface area contributed by atoms with Gasteiger partial charge in [0.1, 0.15) is 21.0 Å². The van der Waals surface area contributed by atoms with E-state index in [-0.39, 0.29) is 33.3 Å². The highest BCUT2D eigenvalue weighted by atomic mass is 35.5. The number of halogens is 1. The van der Waals surface area contributed by atoms with E-state index >= 15 is 0 Å². The molecule has 3 saturated carbocycles. The van der Waals surface area contributed by atoms with Crippen LogP contribution in [0.3, 0.4) is 0 Å². The van der Waals surface area contributed by atoms with Crippen molar-refractivity contribution in [1.29, 1.82) is 0 Å². The summed E-state index contributed by atoms with van der Waals surface area (Å²) in [6.45, 7) is 5.89. The number of carboxylic acid groups (broad SMARTS) is 1. The first kappa shape index (κ1) is 26.8. The van der Waals surface area contributed by atoms with E-state index in [1.807, 2.05) is 40.0 Å². The van der Waals surface area contributed by atoms with Gasteiger partial charge in [-0.25, -0.2) is 14.8 Å². The van der Waals surface area contributed by atoms with E-state index in [0.717, 1.165) is 65.5 Å². The van der Waals surface area contributed by atoms with Gasteiger partial charge < -0.3 is 10.4 Å². The smallest absolute Gasteiger partial charge is 0.356 e. The number of nitrogens with one attached hydrogen (secondary N) is 1. The molecule has 3 aliphatic rings. The third-order valence-corrected chi connectivity index (χ3v) is 10.3. The summed E-state index contributed by atoms with van der Waals surface area (Å²) in [5.41, 5.74) is 2.47. The molecule has 40 heavy (non-hydrogen) atoms. The van der Waals surface area contributed by atoms with Crippen molar-refractivity contribution in [2.45, 2.75) is 76.2 Å². The van der Waals surface area contributed by atoms with Gasteiger partial charge >= 0.3 is 5.97 Å². The molecule has 2 N–H and O–H groups in total. The predicted molar refractivity (Wildman–Crippen MR) is 156 cm³/mol. The van der Waals surface area contributed by atoms with Crippen LogP contribution in [0.5, 0.6) is 0 Å². The van der Waals surface area contributed by atoms with E-state index in [2.05, 4.69) is 20.5 Å². The Morgan fingerprint density at radius 2 is 1.75 bits per heavy atom. The summed E-state index contributed by atoms with van der Waals surface area (Å²) in [6.07, 6.45) is 5.88. The van der Waals surface area contributed by atoms with Gasteiger partial charge in [0, 0.05) is 23.4 Å². The molecule has 9 nitrogen and oxygen atoms in total. The number of carboxylic acids is 1. The number of rotatable bonds is 6. The zero-order valence-electron chi connectivity index (χ0n) is 22.9. The molecule has 3 aromatic heterocycles. The average molecular weight is 579 g/mol. The van der Waals surface area contributed by atoms with Crippen LogP contribution in [-0.2, 0) is 17.9 Å². The summed E-state index contributed by atoms with van der Waals surface area (Å²) in [7, 11) is 1.84. The molecule has 0 unspecified atom stereocenters. The summed E-state index contributed by atoms with van der Waals surface area (Å²) in [4.78, 5) is 34.8. The molecule has 3 fully saturated rings. The van der Waals surface area contributed by atoms with Crippen LogP contribution in [0.1, 0.15) is 88.9 Å². The van der Waals surface area contributed by atoms with Crippen molar-refractivity contribution >= 4 is 45.5 Å². The largest absolute Gasteiger partial charge is 0.476 e. The molecule has 3 heterocycles. The number of nitrogens with zero attached hydrogens (tertiary/aromatic N) is 5. The molecule has 208 valence electrons. The fourth-order valence-electron chi connectivity index (χ4n) is 6.74. The second-order valence-electron chi connectivity index (χ2n) is 11.4. The van der Waals surface area contributed by atoms with Gasteiger partial charge in [0.25, 0.3) is 5.56 Å². The average Bonchev–Trinajstić information content (AvgIpc) is 3.39. The predicted octanol–water partition coefficient (Wildman–Crippen LogP) is 5.87. The molecule has 1 aromatic carbocycles. The zero-order chi connectivity index (χ0) is 28.4. The number of fused-ring (bicyclic) bond motifs is 4. The molecule has 0 aliphatic heterocycles. The monoisotopic (exact) mass is 578 g/mol. The Balaban J connectivity index is 1.41. The lowest BCUT2D eigenvalue weighted by atomic mass is 9.53. The molecule has 0 spiro atoms. The quantitative estimate of drug-likeness (QED) is 0.272. The fraction of sp³-hybridized carbons (Fsp3) is 0.448. The van der Waals surface area contributed by atoms with E-state index < -0.39 is 5.97 Å². The summed E-state index contributed by atoms with van der Waals surface area (Å²) >= 11 is 7.66. The maximum Gasteiger partial charge on any atom is 0.356 e. The van der Waals surface area contributed by atoms with E-state index in [9.17, 15) is 14.7 Å². The number of pyridine rings is 1. The Kier molecular flexibility index (Phi) is 6.46. The number of aromatic carboxylic acids is 1. The number of hydrogen-bond acceptors (Lipinski definition) is 8. The van der Waals surface area contributed by atoms with Gasteiger partial charge in [-0.15, -0.1) is 21.5 Å². The van der Waals surface area contributed by atoms with Crippen LogP contribution in [0.2, 0.25) is 5.15 Å². The Bertz CT molecular complexity index is 1710. The lowest BCUT2D eigenvalue weighted by Crippen LogP contribution is -2.49. The summed E-state index contributed by atoms with van der Waals surface area (Å²) in [5, 5.41) is 24.6. The highest BCUT2D eigenvalue weighted by molar-refractivity contribution is 7.11. The van der Waals surface area contributed by atoms with Crippen molar-refractivity contribution in [2.75, 3.05) is 5.32 Å². The van der Waals surface area contributed by atoms with Crippen molar-refractivity contribution in [3.05, 3.63) is 72.4 Å². The van der Waals surface area contributed by atoms with E-state index in [0.29, 0.717) is 16.6 Å². The van der Waals surface area contributed by atoms with Gasteiger partial charge in [-0.1, -0.05) is 17.7 Å². The summed E-state index contributed by atoms with van der Waals surface area (Å²) in [6, 6.07) is 6.72. The number of aromatic nitrogens is 5. The van der Waals surface area contributed by atoms with Gasteiger partial charge in [-0.3, -0.25) is 9.36 Å². The second-order valence-corrected chi connectivity index (χ2v) is 13.0. The van der Waals surface area contributed by atoms with Crippen LogP contribution in [0.15, 0.2) is 29.1 Å². The Labute approximate surface area is 240 Å². The van der Waals surface area contributed by atoms with Crippen LogP contribution < -0.4 is 10.9 Å². The molecular weight excluding hydrogens is 548 g/mol. The van der Waals surface area contributed by atoms with Gasteiger partial charge in [0.15, 0.2) is 5.69 Å². The van der Waals surface area contributed by atoms with Gasteiger partial charge in [0.05, 0.1) is 22.6 Å².